The lowest BCUT2D eigenvalue weighted by Crippen LogP contribution is -2.52. The molecule has 2 aliphatic heterocycles. The minimum atomic E-state index is -0.152. The molecule has 0 aliphatic carbocycles. The summed E-state index contributed by atoms with van der Waals surface area (Å²) in [5.41, 5.74) is 7.12. The third-order valence-electron chi connectivity index (χ3n) is 8.02. The van der Waals surface area contributed by atoms with Crippen molar-refractivity contribution in [1.29, 1.82) is 0 Å². The average Bonchev–Trinajstić information content (AvgIpc) is 3.54. The van der Waals surface area contributed by atoms with Gasteiger partial charge in [0.05, 0.1) is 16.6 Å². The lowest BCUT2D eigenvalue weighted by Gasteiger charge is -2.40. The number of fused-ring (bicyclic) bond motifs is 4. The third kappa shape index (κ3) is 3.13. The number of aromatic nitrogens is 5. The number of benzene rings is 1. The highest BCUT2D eigenvalue weighted by Crippen LogP contribution is 2.34. The summed E-state index contributed by atoms with van der Waals surface area (Å²) in [6, 6.07) is 11.7. The van der Waals surface area contributed by atoms with Crippen molar-refractivity contribution in [2.75, 3.05) is 25.0 Å². The van der Waals surface area contributed by atoms with Gasteiger partial charge in [-0.2, -0.15) is 0 Å². The van der Waals surface area contributed by atoms with Crippen molar-refractivity contribution in [3.8, 4) is 22.5 Å². The maximum absolute atomic E-state index is 13.0. The average molecular weight is 466 g/mol. The number of aromatic amines is 3. The van der Waals surface area contributed by atoms with E-state index in [4.69, 9.17) is 4.98 Å². The first-order chi connectivity index (χ1) is 17.1. The minimum Gasteiger partial charge on any atom is -0.368 e. The highest BCUT2D eigenvalue weighted by atomic mass is 16.1. The van der Waals surface area contributed by atoms with E-state index in [9.17, 15) is 4.79 Å². The normalized spacial score (nSPS) is 20.3. The number of piperazine rings is 1. The van der Waals surface area contributed by atoms with Crippen molar-refractivity contribution in [3.63, 3.8) is 0 Å². The summed E-state index contributed by atoms with van der Waals surface area (Å²) in [4.78, 5) is 36.8. The molecule has 2 unspecified atom stereocenters. The molecule has 2 bridgehead atoms. The van der Waals surface area contributed by atoms with Gasteiger partial charge in [-0.05, 0) is 68.3 Å². The Hall–Kier alpha value is -3.91. The number of hydrogen-bond donors (Lipinski definition) is 3. The van der Waals surface area contributed by atoms with E-state index in [0.29, 0.717) is 23.5 Å². The largest absolute Gasteiger partial charge is 0.368 e. The van der Waals surface area contributed by atoms with Crippen molar-refractivity contribution in [2.45, 2.75) is 31.8 Å². The lowest BCUT2D eigenvalue weighted by atomic mass is 9.97. The fraction of sp³-hybridized carbons (Fsp3) is 0.296. The Balaban J connectivity index is 1.30. The second-order valence-corrected chi connectivity index (χ2v) is 9.87. The summed E-state index contributed by atoms with van der Waals surface area (Å²) in [7, 11) is 2.25. The number of likely N-dealkylation sites (N-methyl/N-ethyl adjacent to an activating group) is 1. The van der Waals surface area contributed by atoms with E-state index in [0.717, 1.165) is 51.8 Å². The van der Waals surface area contributed by atoms with Crippen molar-refractivity contribution in [2.24, 2.45) is 0 Å². The smallest absolute Gasteiger partial charge is 0.259 e. The van der Waals surface area contributed by atoms with Gasteiger partial charge in [0.25, 0.3) is 5.56 Å². The zero-order valence-corrected chi connectivity index (χ0v) is 19.8. The van der Waals surface area contributed by atoms with Gasteiger partial charge in [0, 0.05) is 60.4 Å². The summed E-state index contributed by atoms with van der Waals surface area (Å²) in [5.74, 6) is 0.593. The first-order valence-corrected chi connectivity index (χ1v) is 12.2. The van der Waals surface area contributed by atoms with Gasteiger partial charge in [0.2, 0.25) is 0 Å². The van der Waals surface area contributed by atoms with E-state index in [1.54, 1.807) is 12.4 Å². The molecular formula is C27H27N7O. The fourth-order valence-corrected chi connectivity index (χ4v) is 6.02. The van der Waals surface area contributed by atoms with Crippen LogP contribution in [0.1, 0.15) is 18.4 Å². The van der Waals surface area contributed by atoms with Crippen LogP contribution in [0.25, 0.3) is 44.6 Å². The van der Waals surface area contributed by atoms with Crippen LogP contribution in [0.3, 0.4) is 0 Å². The van der Waals surface area contributed by atoms with Gasteiger partial charge in [-0.3, -0.25) is 9.69 Å². The molecule has 8 heteroatoms. The van der Waals surface area contributed by atoms with Crippen LogP contribution in [0, 0.1) is 6.92 Å². The number of anilines is 1. The Labute approximate surface area is 202 Å². The predicted molar refractivity (Wildman–Crippen MR) is 139 cm³/mol. The Morgan fingerprint density at radius 1 is 1.03 bits per heavy atom. The van der Waals surface area contributed by atoms with Crippen molar-refractivity contribution < 1.29 is 0 Å². The second kappa shape index (κ2) is 7.55. The van der Waals surface area contributed by atoms with E-state index in [-0.39, 0.29) is 5.56 Å². The van der Waals surface area contributed by atoms with Gasteiger partial charge in [0.15, 0.2) is 0 Å². The first-order valence-electron chi connectivity index (χ1n) is 12.2. The number of nitrogens with zero attached hydrogens (tertiary/aromatic N) is 4. The monoisotopic (exact) mass is 465 g/mol. The molecule has 2 fully saturated rings. The maximum Gasteiger partial charge on any atom is 0.259 e. The molecule has 0 saturated carbocycles. The Morgan fingerprint density at radius 3 is 2.69 bits per heavy atom. The van der Waals surface area contributed by atoms with Gasteiger partial charge >= 0.3 is 0 Å². The van der Waals surface area contributed by atoms with Gasteiger partial charge < -0.3 is 19.9 Å². The Bertz CT molecular complexity index is 1630. The highest BCUT2D eigenvalue weighted by molar-refractivity contribution is 5.95. The summed E-state index contributed by atoms with van der Waals surface area (Å²) in [6.45, 7) is 4.09. The predicted octanol–water partition coefficient (Wildman–Crippen LogP) is 4.05. The molecule has 0 amide bonds. The van der Waals surface area contributed by atoms with E-state index < -0.39 is 0 Å². The molecule has 4 aromatic heterocycles. The third-order valence-corrected chi connectivity index (χ3v) is 8.02. The molecule has 2 saturated heterocycles. The van der Waals surface area contributed by atoms with Crippen molar-refractivity contribution >= 4 is 27.8 Å². The molecule has 2 atom stereocenters. The van der Waals surface area contributed by atoms with Crippen LogP contribution in [0.4, 0.5) is 5.69 Å². The van der Waals surface area contributed by atoms with Gasteiger partial charge in [0.1, 0.15) is 11.5 Å². The number of hydrogen-bond acceptors (Lipinski definition) is 5. The van der Waals surface area contributed by atoms with Crippen LogP contribution in [0.15, 0.2) is 53.7 Å². The number of rotatable bonds is 3. The van der Waals surface area contributed by atoms with E-state index in [1.807, 2.05) is 25.3 Å². The van der Waals surface area contributed by atoms with Gasteiger partial charge in [-0.1, -0.05) is 0 Å². The first kappa shape index (κ1) is 20.5. The molecule has 35 heavy (non-hydrogen) atoms. The lowest BCUT2D eigenvalue weighted by molar-refractivity contribution is 0.212. The zero-order valence-electron chi connectivity index (χ0n) is 19.8. The van der Waals surface area contributed by atoms with E-state index in [2.05, 4.69) is 55.0 Å². The van der Waals surface area contributed by atoms with Gasteiger partial charge in [-0.25, -0.2) is 9.97 Å². The van der Waals surface area contributed by atoms with Crippen molar-refractivity contribution in [1.82, 2.24) is 29.8 Å². The standard InChI is InChI=1S/C27H27N7O/c1-15-21(19-7-9-28-25-20(19)8-10-29-25)12-30-27(35)24(15)26-31-22-6-5-16(11-23(22)32-26)34-13-17-3-4-18(14-34)33(17)2/h5-12,17-18H,3-4,13-14H2,1-2H3,(H,28,29)(H,30,35)(H,31,32). The molecule has 0 spiro atoms. The molecule has 3 N–H and O–H groups in total. The van der Waals surface area contributed by atoms with Crippen LogP contribution in [-0.2, 0) is 0 Å². The number of nitrogens with one attached hydrogen (secondary N) is 3. The molecule has 6 heterocycles. The van der Waals surface area contributed by atoms with Gasteiger partial charge in [-0.15, -0.1) is 0 Å². The minimum absolute atomic E-state index is 0.152. The fourth-order valence-electron chi connectivity index (χ4n) is 6.02. The molecule has 8 nitrogen and oxygen atoms in total. The quantitative estimate of drug-likeness (QED) is 0.374. The maximum atomic E-state index is 13.0. The molecular weight excluding hydrogens is 438 g/mol. The van der Waals surface area contributed by atoms with Crippen LogP contribution in [0.5, 0.6) is 0 Å². The highest BCUT2D eigenvalue weighted by Gasteiger charge is 2.37. The summed E-state index contributed by atoms with van der Waals surface area (Å²) >= 11 is 0. The molecule has 1 aromatic carbocycles. The molecule has 2 aliphatic rings. The Kier molecular flexibility index (Phi) is 4.41. The summed E-state index contributed by atoms with van der Waals surface area (Å²) in [5, 5.41) is 1.02. The second-order valence-electron chi connectivity index (χ2n) is 9.87. The van der Waals surface area contributed by atoms with Crippen LogP contribution in [0.2, 0.25) is 0 Å². The number of H-pyrrole nitrogens is 3. The van der Waals surface area contributed by atoms with Crippen molar-refractivity contribution in [3.05, 3.63) is 64.8 Å². The number of imidazole rings is 1. The van der Waals surface area contributed by atoms with Crippen LogP contribution >= 0.6 is 0 Å². The molecule has 5 aromatic rings. The van der Waals surface area contributed by atoms with E-state index in [1.165, 1.54) is 18.5 Å². The number of pyridine rings is 2. The molecule has 7 rings (SSSR count). The topological polar surface area (TPSA) is 96.7 Å². The Morgan fingerprint density at radius 2 is 1.86 bits per heavy atom. The van der Waals surface area contributed by atoms with Crippen LogP contribution < -0.4 is 10.5 Å². The summed E-state index contributed by atoms with van der Waals surface area (Å²) < 4.78 is 0. The SMILES string of the molecule is Cc1c(-c2ccnc3[nH]ccc23)c[nH]c(=O)c1-c1nc2cc(N3CC4CCC(C3)N4C)ccc2[nH]1. The van der Waals surface area contributed by atoms with E-state index >= 15 is 0 Å². The molecule has 176 valence electrons. The molecule has 0 radical (unpaired) electrons. The van der Waals surface area contributed by atoms with Crippen LogP contribution in [-0.4, -0.2) is 62.0 Å². The summed E-state index contributed by atoms with van der Waals surface area (Å²) in [6.07, 6.45) is 8.00. The zero-order chi connectivity index (χ0) is 23.7.